The molecule has 2 aromatic rings. The summed E-state index contributed by atoms with van der Waals surface area (Å²) in [5.74, 6) is 0.407. The summed E-state index contributed by atoms with van der Waals surface area (Å²) in [7, 11) is 3.72. The van der Waals surface area contributed by atoms with Gasteiger partial charge in [0.25, 0.3) is 5.91 Å². The Kier molecular flexibility index (Phi) is 4.04. The van der Waals surface area contributed by atoms with E-state index in [1.54, 1.807) is 22.2 Å². The molecule has 22 heavy (non-hydrogen) atoms. The highest BCUT2D eigenvalue weighted by molar-refractivity contribution is 7.11. The number of rotatable bonds is 3. The molecule has 0 aliphatic heterocycles. The highest BCUT2D eigenvalue weighted by Crippen LogP contribution is 2.35. The molecule has 0 unspecified atom stereocenters. The van der Waals surface area contributed by atoms with Crippen molar-refractivity contribution in [2.45, 2.75) is 39.0 Å². The Hall–Kier alpha value is -1.69. The van der Waals surface area contributed by atoms with Gasteiger partial charge in [-0.3, -0.25) is 9.48 Å². The first-order valence-electron chi connectivity index (χ1n) is 7.67. The molecule has 1 aliphatic carbocycles. The van der Waals surface area contributed by atoms with Crippen molar-refractivity contribution >= 4 is 17.2 Å². The Balaban J connectivity index is 1.76. The Morgan fingerprint density at radius 3 is 2.95 bits per heavy atom. The van der Waals surface area contributed by atoms with Gasteiger partial charge in [0, 0.05) is 37.6 Å². The van der Waals surface area contributed by atoms with Gasteiger partial charge in [0.05, 0.1) is 22.0 Å². The smallest absolute Gasteiger partial charge is 0.257 e. The maximum Gasteiger partial charge on any atom is 0.257 e. The molecule has 2 aromatic heterocycles. The summed E-state index contributed by atoms with van der Waals surface area (Å²) in [6.07, 6.45) is 5.23. The van der Waals surface area contributed by atoms with Crippen LogP contribution in [0, 0.1) is 13.8 Å². The highest BCUT2D eigenvalue weighted by atomic mass is 32.1. The molecule has 3 rings (SSSR count). The zero-order valence-electron chi connectivity index (χ0n) is 13.6. The predicted molar refractivity (Wildman–Crippen MR) is 87.4 cm³/mol. The summed E-state index contributed by atoms with van der Waals surface area (Å²) >= 11 is 1.80. The lowest BCUT2D eigenvalue weighted by Gasteiger charge is -2.26. The van der Waals surface area contributed by atoms with Gasteiger partial charge in [0.1, 0.15) is 0 Å². The molecular weight excluding hydrogens is 296 g/mol. The van der Waals surface area contributed by atoms with Crippen LogP contribution in [0.15, 0.2) is 6.20 Å². The number of aryl methyl sites for hydroxylation is 4. The van der Waals surface area contributed by atoms with Crippen molar-refractivity contribution in [3.63, 3.8) is 0 Å². The average molecular weight is 318 g/mol. The Morgan fingerprint density at radius 2 is 2.27 bits per heavy atom. The molecule has 1 aliphatic rings. The summed E-state index contributed by atoms with van der Waals surface area (Å²) in [4.78, 5) is 20.6. The van der Waals surface area contributed by atoms with Gasteiger partial charge in [0.2, 0.25) is 0 Å². The topological polar surface area (TPSA) is 51.0 Å². The molecule has 1 atom stereocenters. The van der Waals surface area contributed by atoms with Crippen molar-refractivity contribution < 1.29 is 4.79 Å². The van der Waals surface area contributed by atoms with Gasteiger partial charge >= 0.3 is 0 Å². The van der Waals surface area contributed by atoms with Gasteiger partial charge in [-0.05, 0) is 33.1 Å². The number of thiazole rings is 1. The standard InChI is InChI=1S/C16H22N4OS/c1-10-13(9-20(4)18-10)16(21)19(3)8-12-6-5-7-14-15(12)17-11(2)22-14/h9,12H,5-8H2,1-4H3/t12-/m1/s1. The molecule has 0 fully saturated rings. The second-order valence-corrected chi connectivity index (χ2v) is 7.41. The minimum Gasteiger partial charge on any atom is -0.341 e. The Labute approximate surface area is 135 Å². The quantitative estimate of drug-likeness (QED) is 0.874. The second-order valence-electron chi connectivity index (χ2n) is 6.12. The summed E-state index contributed by atoms with van der Waals surface area (Å²) in [5.41, 5.74) is 2.69. The molecule has 0 saturated carbocycles. The first-order chi connectivity index (χ1) is 10.5. The van der Waals surface area contributed by atoms with Crippen molar-refractivity contribution in [1.29, 1.82) is 0 Å². The predicted octanol–water partition coefficient (Wildman–Crippen LogP) is 2.69. The van der Waals surface area contributed by atoms with Crippen molar-refractivity contribution in [3.8, 4) is 0 Å². The lowest BCUT2D eigenvalue weighted by molar-refractivity contribution is 0.0782. The number of amides is 1. The van der Waals surface area contributed by atoms with Gasteiger partial charge in [0.15, 0.2) is 0 Å². The molecule has 6 heteroatoms. The van der Waals surface area contributed by atoms with Crippen molar-refractivity contribution in [2.75, 3.05) is 13.6 Å². The van der Waals surface area contributed by atoms with Crippen LogP contribution >= 0.6 is 11.3 Å². The van der Waals surface area contributed by atoms with Crippen molar-refractivity contribution in [2.24, 2.45) is 7.05 Å². The second kappa shape index (κ2) is 5.83. The van der Waals surface area contributed by atoms with Crippen LogP contribution < -0.4 is 0 Å². The number of carbonyl (C=O) groups is 1. The third-order valence-corrected chi connectivity index (χ3v) is 5.31. The first-order valence-corrected chi connectivity index (χ1v) is 8.49. The van der Waals surface area contributed by atoms with Crippen LogP contribution in [0.25, 0.3) is 0 Å². The van der Waals surface area contributed by atoms with E-state index in [0.717, 1.165) is 30.1 Å². The van der Waals surface area contributed by atoms with Crippen LogP contribution in [0.3, 0.4) is 0 Å². The van der Waals surface area contributed by atoms with Gasteiger partial charge in [-0.15, -0.1) is 11.3 Å². The van der Waals surface area contributed by atoms with Gasteiger partial charge in [-0.1, -0.05) is 0 Å². The molecule has 0 N–H and O–H groups in total. The highest BCUT2D eigenvalue weighted by Gasteiger charge is 2.27. The third-order valence-electron chi connectivity index (χ3n) is 4.26. The van der Waals surface area contributed by atoms with Crippen molar-refractivity contribution in [1.82, 2.24) is 19.7 Å². The molecular formula is C16H22N4OS. The van der Waals surface area contributed by atoms with E-state index in [4.69, 9.17) is 4.98 Å². The minimum absolute atomic E-state index is 0.0460. The van der Waals surface area contributed by atoms with Crippen LogP contribution in [0.4, 0.5) is 0 Å². The van der Waals surface area contributed by atoms with Gasteiger partial charge in [-0.25, -0.2) is 4.98 Å². The molecule has 0 radical (unpaired) electrons. The monoisotopic (exact) mass is 318 g/mol. The Morgan fingerprint density at radius 1 is 1.50 bits per heavy atom. The van der Waals surface area contributed by atoms with E-state index in [1.807, 2.05) is 25.9 Å². The van der Waals surface area contributed by atoms with Crippen LogP contribution in [0.2, 0.25) is 0 Å². The number of carbonyl (C=O) groups excluding carboxylic acids is 1. The summed E-state index contributed by atoms with van der Waals surface area (Å²) < 4.78 is 1.69. The van der Waals surface area contributed by atoms with Crippen LogP contribution in [-0.4, -0.2) is 39.2 Å². The number of hydrogen-bond donors (Lipinski definition) is 0. The van der Waals surface area contributed by atoms with E-state index < -0.39 is 0 Å². The molecule has 0 spiro atoms. The SMILES string of the molecule is Cc1nc2c(s1)CCC[C@@H]2CN(C)C(=O)c1cn(C)nc1C. The van der Waals surface area contributed by atoms with E-state index in [9.17, 15) is 4.79 Å². The van der Waals surface area contributed by atoms with Gasteiger partial charge in [-0.2, -0.15) is 5.10 Å². The average Bonchev–Trinajstić information content (AvgIpc) is 3.00. The summed E-state index contributed by atoms with van der Waals surface area (Å²) in [6, 6.07) is 0. The fourth-order valence-electron chi connectivity index (χ4n) is 3.24. The summed E-state index contributed by atoms with van der Waals surface area (Å²) in [5, 5.41) is 5.39. The number of aromatic nitrogens is 3. The lowest BCUT2D eigenvalue weighted by atomic mass is 9.90. The number of nitrogens with zero attached hydrogens (tertiary/aromatic N) is 4. The fraction of sp³-hybridized carbons (Fsp3) is 0.562. The van der Waals surface area contributed by atoms with E-state index in [0.29, 0.717) is 11.5 Å². The Bertz CT molecular complexity index is 703. The number of fused-ring (bicyclic) bond motifs is 1. The maximum absolute atomic E-state index is 12.6. The van der Waals surface area contributed by atoms with Gasteiger partial charge < -0.3 is 4.90 Å². The van der Waals surface area contributed by atoms with Crippen molar-refractivity contribution in [3.05, 3.63) is 33.0 Å². The molecule has 1 amide bonds. The maximum atomic E-state index is 12.6. The van der Waals surface area contributed by atoms with E-state index in [2.05, 4.69) is 12.0 Å². The lowest BCUT2D eigenvalue weighted by Crippen LogP contribution is -2.32. The van der Waals surface area contributed by atoms with E-state index in [1.165, 1.54) is 17.0 Å². The number of hydrogen-bond acceptors (Lipinski definition) is 4. The molecule has 2 heterocycles. The van der Waals surface area contributed by atoms with E-state index >= 15 is 0 Å². The molecule has 118 valence electrons. The number of likely N-dealkylation sites (N-methyl/N-ethyl adjacent to an activating group) is 1. The van der Waals surface area contributed by atoms with Crippen LogP contribution in [0.1, 0.15) is 50.4 Å². The largest absolute Gasteiger partial charge is 0.341 e. The molecule has 0 bridgehead atoms. The molecule has 0 saturated heterocycles. The minimum atomic E-state index is 0.0460. The molecule has 0 aromatic carbocycles. The summed E-state index contributed by atoms with van der Waals surface area (Å²) in [6.45, 7) is 4.67. The zero-order chi connectivity index (χ0) is 15.9. The molecule has 5 nitrogen and oxygen atoms in total. The third kappa shape index (κ3) is 2.79. The fourth-order valence-corrected chi connectivity index (χ4v) is 4.30. The van der Waals surface area contributed by atoms with E-state index in [-0.39, 0.29) is 5.91 Å². The van der Waals surface area contributed by atoms with Crippen LogP contribution in [-0.2, 0) is 13.5 Å². The normalized spacial score (nSPS) is 17.4. The van der Waals surface area contributed by atoms with Crippen LogP contribution in [0.5, 0.6) is 0 Å². The zero-order valence-corrected chi connectivity index (χ0v) is 14.4. The first kappa shape index (κ1) is 15.2.